The van der Waals surface area contributed by atoms with Crippen molar-refractivity contribution in [3.63, 3.8) is 0 Å². The number of nitrogens with zero attached hydrogens (tertiary/aromatic N) is 1. The molecule has 0 aliphatic carbocycles. The Hall–Kier alpha value is -1.85. The number of thiazole rings is 1. The number of amides is 1. The molecule has 2 rings (SSSR count). The van der Waals surface area contributed by atoms with Crippen LogP contribution in [-0.2, 0) is 10.9 Å². The van der Waals surface area contributed by atoms with Crippen molar-refractivity contribution in [1.29, 1.82) is 0 Å². The van der Waals surface area contributed by atoms with E-state index in [4.69, 9.17) is 4.74 Å². The fourth-order valence-electron chi connectivity index (χ4n) is 2.67. The van der Waals surface area contributed by atoms with Crippen molar-refractivity contribution in [2.24, 2.45) is 0 Å². The Labute approximate surface area is 185 Å². The first-order valence-corrected chi connectivity index (χ1v) is 10.6. The second-order valence-electron chi connectivity index (χ2n) is 7.51. The summed E-state index contributed by atoms with van der Waals surface area (Å²) in [6.45, 7) is 4.92. The number of aliphatic hydroxyl groups is 1. The molecule has 30 heavy (non-hydrogen) atoms. The molecule has 2 aromatic rings. The predicted molar refractivity (Wildman–Crippen MR) is 113 cm³/mol. The standard InChI is InChI=1S/C19H23BrF3N3O3S/c1-18(2,3)29-17(28)26-14(8-24-16-25-9-15(20)30-16)13(10-27)11-4-6-12(7-5-11)19(21,22)23/h4-7,9,13-14,27H,8,10H2,1-3H3,(H,24,25)(H,26,28). The number of benzene rings is 1. The Morgan fingerprint density at radius 2 is 1.90 bits per heavy atom. The fraction of sp³-hybridized carbons (Fsp3) is 0.474. The van der Waals surface area contributed by atoms with Gasteiger partial charge in [-0.15, -0.1) is 0 Å². The van der Waals surface area contributed by atoms with Crippen LogP contribution in [0.15, 0.2) is 34.2 Å². The molecule has 1 aromatic heterocycles. The lowest BCUT2D eigenvalue weighted by molar-refractivity contribution is -0.137. The molecular formula is C19H23BrF3N3O3S. The number of carbonyl (C=O) groups is 1. The molecule has 2 unspecified atom stereocenters. The summed E-state index contributed by atoms with van der Waals surface area (Å²) in [6, 6.07) is 3.83. The average molecular weight is 510 g/mol. The minimum absolute atomic E-state index is 0.172. The Morgan fingerprint density at radius 3 is 2.37 bits per heavy atom. The van der Waals surface area contributed by atoms with E-state index in [9.17, 15) is 23.1 Å². The number of hydrogen-bond donors (Lipinski definition) is 3. The van der Waals surface area contributed by atoms with Crippen LogP contribution in [0.5, 0.6) is 0 Å². The van der Waals surface area contributed by atoms with Crippen molar-refractivity contribution in [2.75, 3.05) is 18.5 Å². The summed E-state index contributed by atoms with van der Waals surface area (Å²) >= 11 is 4.65. The summed E-state index contributed by atoms with van der Waals surface area (Å²) in [5, 5.41) is 16.3. The molecule has 1 aromatic carbocycles. The van der Waals surface area contributed by atoms with E-state index in [0.29, 0.717) is 10.7 Å². The van der Waals surface area contributed by atoms with Crippen molar-refractivity contribution >= 4 is 38.5 Å². The van der Waals surface area contributed by atoms with Crippen LogP contribution in [0.25, 0.3) is 0 Å². The summed E-state index contributed by atoms with van der Waals surface area (Å²) in [5.74, 6) is -0.671. The number of carbonyl (C=O) groups excluding carboxylic acids is 1. The largest absolute Gasteiger partial charge is 0.444 e. The highest BCUT2D eigenvalue weighted by Gasteiger charge is 2.31. The number of halogens is 4. The summed E-state index contributed by atoms with van der Waals surface area (Å²) in [5.41, 5.74) is -1.07. The van der Waals surface area contributed by atoms with E-state index in [1.165, 1.54) is 23.5 Å². The lowest BCUT2D eigenvalue weighted by Gasteiger charge is -2.29. The average Bonchev–Trinajstić information content (AvgIpc) is 3.03. The Morgan fingerprint density at radius 1 is 1.27 bits per heavy atom. The lowest BCUT2D eigenvalue weighted by Crippen LogP contribution is -2.46. The van der Waals surface area contributed by atoms with Gasteiger partial charge >= 0.3 is 12.3 Å². The van der Waals surface area contributed by atoms with Crippen molar-refractivity contribution in [3.8, 4) is 0 Å². The van der Waals surface area contributed by atoms with E-state index in [2.05, 4.69) is 31.5 Å². The highest BCUT2D eigenvalue weighted by Crippen LogP contribution is 2.31. The predicted octanol–water partition coefficient (Wildman–Crippen LogP) is 5.01. The molecule has 1 amide bonds. The van der Waals surface area contributed by atoms with Crippen LogP contribution in [0, 0.1) is 0 Å². The van der Waals surface area contributed by atoms with Gasteiger partial charge in [-0.25, -0.2) is 9.78 Å². The van der Waals surface area contributed by atoms with Gasteiger partial charge in [-0.1, -0.05) is 23.5 Å². The van der Waals surface area contributed by atoms with Gasteiger partial charge in [-0.05, 0) is 54.4 Å². The monoisotopic (exact) mass is 509 g/mol. The second kappa shape index (κ2) is 9.97. The summed E-state index contributed by atoms with van der Waals surface area (Å²) in [6.07, 6.45) is -3.54. The van der Waals surface area contributed by atoms with Crippen LogP contribution in [0.3, 0.4) is 0 Å². The van der Waals surface area contributed by atoms with Crippen LogP contribution in [0.2, 0.25) is 0 Å². The molecule has 166 valence electrons. The van der Waals surface area contributed by atoms with Crippen molar-refractivity contribution in [2.45, 2.75) is 44.5 Å². The minimum Gasteiger partial charge on any atom is -0.444 e. The smallest absolute Gasteiger partial charge is 0.416 e. The first kappa shape index (κ1) is 24.4. The van der Waals surface area contributed by atoms with Crippen LogP contribution in [-0.4, -0.2) is 41.0 Å². The summed E-state index contributed by atoms with van der Waals surface area (Å²) in [7, 11) is 0. The SMILES string of the molecule is CC(C)(C)OC(=O)NC(CNc1ncc(Br)s1)C(CO)c1ccc(C(F)(F)F)cc1. The van der Waals surface area contributed by atoms with Gasteiger partial charge in [0.2, 0.25) is 0 Å². The molecule has 0 spiro atoms. The maximum atomic E-state index is 12.9. The molecule has 0 radical (unpaired) electrons. The fourth-order valence-corrected chi connectivity index (χ4v) is 3.78. The van der Waals surface area contributed by atoms with Gasteiger partial charge < -0.3 is 20.5 Å². The van der Waals surface area contributed by atoms with Crippen LogP contribution < -0.4 is 10.6 Å². The van der Waals surface area contributed by atoms with E-state index in [1.807, 2.05) is 0 Å². The number of rotatable bonds is 7. The molecule has 3 N–H and O–H groups in total. The quantitative estimate of drug-likeness (QED) is 0.488. The third-order valence-electron chi connectivity index (χ3n) is 4.00. The highest BCUT2D eigenvalue weighted by molar-refractivity contribution is 9.11. The van der Waals surface area contributed by atoms with Gasteiger partial charge in [0.1, 0.15) is 5.60 Å². The number of anilines is 1. The van der Waals surface area contributed by atoms with E-state index >= 15 is 0 Å². The molecule has 0 saturated heterocycles. The zero-order chi connectivity index (χ0) is 22.5. The molecule has 0 bridgehead atoms. The molecule has 0 aliphatic rings. The first-order chi connectivity index (χ1) is 13.9. The zero-order valence-corrected chi connectivity index (χ0v) is 19.0. The number of alkyl carbamates (subject to hydrolysis) is 1. The van der Waals surface area contributed by atoms with Gasteiger partial charge in [-0.2, -0.15) is 13.2 Å². The Balaban J connectivity index is 2.23. The molecule has 11 heteroatoms. The van der Waals surface area contributed by atoms with Gasteiger partial charge in [0.05, 0.1) is 28.2 Å². The van der Waals surface area contributed by atoms with E-state index < -0.39 is 42.0 Å². The molecule has 6 nitrogen and oxygen atoms in total. The summed E-state index contributed by atoms with van der Waals surface area (Å²) in [4.78, 5) is 16.5. The first-order valence-electron chi connectivity index (χ1n) is 9.02. The third kappa shape index (κ3) is 7.44. The number of hydrogen-bond acceptors (Lipinski definition) is 6. The van der Waals surface area contributed by atoms with Gasteiger partial charge in [0.25, 0.3) is 0 Å². The highest BCUT2D eigenvalue weighted by atomic mass is 79.9. The maximum Gasteiger partial charge on any atom is 0.416 e. The van der Waals surface area contributed by atoms with Crippen LogP contribution in [0.4, 0.5) is 23.1 Å². The number of aromatic nitrogens is 1. The Bertz CT molecular complexity index is 838. The van der Waals surface area contributed by atoms with Gasteiger partial charge in [-0.3, -0.25) is 0 Å². The summed E-state index contributed by atoms with van der Waals surface area (Å²) < 4.78 is 44.7. The molecule has 1 heterocycles. The third-order valence-corrected chi connectivity index (χ3v) is 5.44. The van der Waals surface area contributed by atoms with Crippen molar-refractivity contribution < 1.29 is 27.8 Å². The maximum absolute atomic E-state index is 12.9. The second-order valence-corrected chi connectivity index (χ2v) is 9.92. The molecule has 0 fully saturated rings. The molecule has 0 saturated carbocycles. The van der Waals surface area contributed by atoms with Gasteiger partial charge in [0.15, 0.2) is 5.13 Å². The van der Waals surface area contributed by atoms with Crippen LogP contribution >= 0.6 is 27.3 Å². The normalized spacial score (nSPS) is 14.1. The molecule has 0 aliphatic heterocycles. The lowest BCUT2D eigenvalue weighted by atomic mass is 9.91. The van der Waals surface area contributed by atoms with Crippen molar-refractivity contribution in [3.05, 3.63) is 45.4 Å². The van der Waals surface area contributed by atoms with Crippen LogP contribution in [0.1, 0.15) is 37.8 Å². The van der Waals surface area contributed by atoms with Gasteiger partial charge in [0, 0.05) is 12.5 Å². The minimum atomic E-state index is -4.46. The topological polar surface area (TPSA) is 83.5 Å². The van der Waals surface area contributed by atoms with Crippen molar-refractivity contribution in [1.82, 2.24) is 10.3 Å². The molecule has 2 atom stereocenters. The number of nitrogens with one attached hydrogen (secondary N) is 2. The van der Waals surface area contributed by atoms with E-state index in [-0.39, 0.29) is 6.54 Å². The zero-order valence-electron chi connectivity index (χ0n) is 16.6. The number of aliphatic hydroxyl groups excluding tert-OH is 1. The Kier molecular flexibility index (Phi) is 8.12. The number of ether oxygens (including phenoxy) is 1. The van der Waals surface area contributed by atoms with E-state index in [0.717, 1.165) is 15.9 Å². The molecular weight excluding hydrogens is 487 g/mol. The van der Waals surface area contributed by atoms with E-state index in [1.54, 1.807) is 27.0 Å². The number of alkyl halides is 3.